The molecule has 1 N–H and O–H groups in total. The average molecular weight is 362 g/mol. The number of hydrogen-bond acceptors (Lipinski definition) is 4. The van der Waals surface area contributed by atoms with Crippen molar-refractivity contribution in [3.05, 3.63) is 77.6 Å². The Morgan fingerprint density at radius 2 is 1.89 bits per heavy atom. The van der Waals surface area contributed by atoms with E-state index in [1.54, 1.807) is 24.3 Å². The molecule has 1 atom stereocenters. The van der Waals surface area contributed by atoms with E-state index in [0.717, 1.165) is 17.9 Å². The third-order valence-corrected chi connectivity index (χ3v) is 4.68. The van der Waals surface area contributed by atoms with Gasteiger partial charge in [-0.25, -0.2) is 4.39 Å². The molecule has 1 aliphatic rings. The number of nitrogens with zero attached hydrogens (tertiary/aromatic N) is 3. The first-order valence-corrected chi connectivity index (χ1v) is 8.86. The predicted molar refractivity (Wildman–Crippen MR) is 103 cm³/mol. The van der Waals surface area contributed by atoms with Gasteiger partial charge in [0, 0.05) is 11.7 Å². The van der Waals surface area contributed by atoms with Gasteiger partial charge >= 0.3 is 0 Å². The van der Waals surface area contributed by atoms with E-state index in [-0.39, 0.29) is 18.4 Å². The Balaban J connectivity index is 1.47. The molecule has 0 saturated carbocycles. The number of carbonyl (C=O) groups is 1. The number of benzene rings is 2. The van der Waals surface area contributed by atoms with Crippen molar-refractivity contribution in [3.63, 3.8) is 0 Å². The van der Waals surface area contributed by atoms with Crippen LogP contribution in [-0.2, 0) is 17.6 Å². The first-order valence-electron chi connectivity index (χ1n) is 8.86. The Morgan fingerprint density at radius 1 is 1.11 bits per heavy atom. The zero-order valence-electron chi connectivity index (χ0n) is 14.9. The van der Waals surface area contributed by atoms with Crippen LogP contribution in [0.25, 0.3) is 0 Å². The molecule has 3 aromatic rings. The summed E-state index contributed by atoms with van der Waals surface area (Å²) in [6, 6.07) is 18.3. The Kier molecular flexibility index (Phi) is 4.54. The average Bonchev–Trinajstić information content (AvgIpc) is 3.00. The van der Waals surface area contributed by atoms with E-state index >= 15 is 0 Å². The summed E-state index contributed by atoms with van der Waals surface area (Å²) in [6.07, 6.45) is 0.908. The lowest BCUT2D eigenvalue weighted by molar-refractivity contribution is -0.115. The van der Waals surface area contributed by atoms with Crippen molar-refractivity contribution in [2.45, 2.75) is 25.8 Å². The molecular formula is C21H19FN4O. The summed E-state index contributed by atoms with van der Waals surface area (Å²) in [4.78, 5) is 14.3. The monoisotopic (exact) mass is 362 g/mol. The normalized spacial score (nSPS) is 15.5. The van der Waals surface area contributed by atoms with E-state index in [0.29, 0.717) is 11.4 Å². The highest BCUT2D eigenvalue weighted by atomic mass is 19.1. The van der Waals surface area contributed by atoms with Gasteiger partial charge in [0.05, 0.1) is 6.42 Å². The lowest BCUT2D eigenvalue weighted by atomic mass is 10.1. The highest BCUT2D eigenvalue weighted by Crippen LogP contribution is 2.36. The van der Waals surface area contributed by atoms with Crippen LogP contribution >= 0.6 is 0 Å². The van der Waals surface area contributed by atoms with E-state index in [1.807, 2.05) is 18.2 Å². The fraction of sp³-hybridized carbons (Fsp3) is 0.190. The minimum atomic E-state index is -0.393. The summed E-state index contributed by atoms with van der Waals surface area (Å²) in [5.74, 6) is 0.359. The van der Waals surface area contributed by atoms with Crippen molar-refractivity contribution in [1.82, 2.24) is 10.2 Å². The van der Waals surface area contributed by atoms with Gasteiger partial charge in [0.1, 0.15) is 5.82 Å². The number of hydrogen-bond donors (Lipinski definition) is 1. The van der Waals surface area contributed by atoms with E-state index < -0.39 is 5.82 Å². The Hall–Kier alpha value is -3.28. The molecule has 2 heterocycles. The van der Waals surface area contributed by atoms with Crippen LogP contribution in [0.1, 0.15) is 18.1 Å². The van der Waals surface area contributed by atoms with Crippen molar-refractivity contribution in [2.75, 3.05) is 10.2 Å². The van der Waals surface area contributed by atoms with Crippen LogP contribution < -0.4 is 10.2 Å². The largest absolute Gasteiger partial charge is 0.321 e. The van der Waals surface area contributed by atoms with Crippen molar-refractivity contribution >= 4 is 23.2 Å². The molecule has 1 aromatic heterocycles. The highest BCUT2D eigenvalue weighted by Gasteiger charge is 2.27. The molecule has 0 saturated heterocycles. The topological polar surface area (TPSA) is 58.1 Å². The Labute approximate surface area is 156 Å². The molecule has 2 aromatic carbocycles. The quantitative estimate of drug-likeness (QED) is 0.765. The molecule has 1 amide bonds. The first-order chi connectivity index (χ1) is 13.1. The molecule has 0 radical (unpaired) electrons. The van der Waals surface area contributed by atoms with Crippen molar-refractivity contribution in [3.8, 4) is 0 Å². The number of anilines is 3. The van der Waals surface area contributed by atoms with E-state index in [4.69, 9.17) is 0 Å². The molecule has 5 nitrogen and oxygen atoms in total. The summed E-state index contributed by atoms with van der Waals surface area (Å²) in [5, 5.41) is 11.1. The van der Waals surface area contributed by atoms with Gasteiger partial charge in [-0.15, -0.1) is 10.2 Å². The number of rotatable bonds is 4. The molecule has 136 valence electrons. The van der Waals surface area contributed by atoms with Crippen LogP contribution in [0.4, 0.5) is 21.7 Å². The summed E-state index contributed by atoms with van der Waals surface area (Å²) in [6.45, 7) is 2.14. The smallest absolute Gasteiger partial charge is 0.230 e. The standard InChI is InChI=1S/C21H19FN4O/c1-14-12-16-7-3-5-9-18(16)26(14)20-11-10-19(24-25-20)23-21(27)13-15-6-2-4-8-17(15)22/h2-11,14H,12-13H2,1H3,(H,23,24,27). The summed E-state index contributed by atoms with van der Waals surface area (Å²) >= 11 is 0. The Morgan fingerprint density at radius 3 is 2.67 bits per heavy atom. The van der Waals surface area contributed by atoms with Crippen molar-refractivity contribution in [2.24, 2.45) is 0 Å². The number of aromatic nitrogens is 2. The number of halogens is 1. The molecule has 0 bridgehead atoms. The van der Waals surface area contributed by atoms with Gasteiger partial charge in [-0.1, -0.05) is 36.4 Å². The van der Waals surface area contributed by atoms with Crippen LogP contribution in [0.2, 0.25) is 0 Å². The molecule has 27 heavy (non-hydrogen) atoms. The minimum absolute atomic E-state index is 0.0490. The lowest BCUT2D eigenvalue weighted by Crippen LogP contribution is -2.25. The SMILES string of the molecule is CC1Cc2ccccc2N1c1ccc(NC(=O)Cc2ccccc2F)nn1. The van der Waals surface area contributed by atoms with Gasteiger partial charge in [-0.05, 0) is 48.7 Å². The highest BCUT2D eigenvalue weighted by molar-refractivity contribution is 5.91. The van der Waals surface area contributed by atoms with Gasteiger partial charge in [0.2, 0.25) is 5.91 Å². The maximum absolute atomic E-state index is 13.7. The van der Waals surface area contributed by atoms with E-state index in [9.17, 15) is 9.18 Å². The second kappa shape index (κ2) is 7.15. The van der Waals surface area contributed by atoms with Crippen LogP contribution in [0.15, 0.2) is 60.7 Å². The second-order valence-corrected chi connectivity index (χ2v) is 6.64. The van der Waals surface area contributed by atoms with Gasteiger partial charge in [0.25, 0.3) is 0 Å². The predicted octanol–water partition coefficient (Wildman–Crippen LogP) is 3.88. The number of para-hydroxylation sites is 1. The zero-order valence-corrected chi connectivity index (χ0v) is 14.9. The second-order valence-electron chi connectivity index (χ2n) is 6.64. The molecule has 0 fully saturated rings. The first kappa shape index (κ1) is 17.1. The molecule has 1 aliphatic heterocycles. The summed E-state index contributed by atoms with van der Waals surface area (Å²) in [5.41, 5.74) is 2.77. The third kappa shape index (κ3) is 3.51. The van der Waals surface area contributed by atoms with Crippen LogP contribution in [-0.4, -0.2) is 22.1 Å². The number of amides is 1. The molecular weight excluding hydrogens is 343 g/mol. The van der Waals surface area contributed by atoms with Crippen LogP contribution in [0.3, 0.4) is 0 Å². The van der Waals surface area contributed by atoms with E-state index in [2.05, 4.69) is 39.5 Å². The maximum atomic E-state index is 13.7. The number of fused-ring (bicyclic) bond motifs is 1. The van der Waals surface area contributed by atoms with Crippen molar-refractivity contribution in [1.29, 1.82) is 0 Å². The minimum Gasteiger partial charge on any atom is -0.321 e. The Bertz CT molecular complexity index is 974. The van der Waals surface area contributed by atoms with Gasteiger partial charge in [0.15, 0.2) is 11.6 Å². The third-order valence-electron chi connectivity index (χ3n) is 4.68. The summed E-state index contributed by atoms with van der Waals surface area (Å²) < 4.78 is 13.7. The molecule has 4 rings (SSSR count). The van der Waals surface area contributed by atoms with Gasteiger partial charge in [-0.3, -0.25) is 4.79 Å². The molecule has 1 unspecified atom stereocenters. The fourth-order valence-corrected chi connectivity index (χ4v) is 3.44. The molecule has 0 spiro atoms. The van der Waals surface area contributed by atoms with Crippen LogP contribution in [0.5, 0.6) is 0 Å². The van der Waals surface area contributed by atoms with Gasteiger partial charge in [-0.2, -0.15) is 0 Å². The zero-order chi connectivity index (χ0) is 18.8. The lowest BCUT2D eigenvalue weighted by Gasteiger charge is -2.23. The maximum Gasteiger partial charge on any atom is 0.230 e. The van der Waals surface area contributed by atoms with Gasteiger partial charge < -0.3 is 10.2 Å². The fourth-order valence-electron chi connectivity index (χ4n) is 3.44. The number of carbonyl (C=O) groups excluding carboxylic acids is 1. The molecule has 0 aliphatic carbocycles. The van der Waals surface area contributed by atoms with Crippen LogP contribution in [0, 0.1) is 5.82 Å². The van der Waals surface area contributed by atoms with E-state index in [1.165, 1.54) is 11.6 Å². The number of nitrogens with one attached hydrogen (secondary N) is 1. The molecule has 6 heteroatoms. The van der Waals surface area contributed by atoms with Crippen molar-refractivity contribution < 1.29 is 9.18 Å². The summed E-state index contributed by atoms with van der Waals surface area (Å²) in [7, 11) is 0.